The molecule has 18 heavy (non-hydrogen) atoms. The van der Waals surface area contributed by atoms with Gasteiger partial charge < -0.3 is 5.32 Å². The summed E-state index contributed by atoms with van der Waals surface area (Å²) in [6.45, 7) is 0.712. The van der Waals surface area contributed by atoms with E-state index in [1.54, 1.807) is 24.3 Å². The van der Waals surface area contributed by atoms with Crippen molar-refractivity contribution in [1.29, 1.82) is 5.26 Å². The molecule has 1 fully saturated rings. The highest BCUT2D eigenvalue weighted by molar-refractivity contribution is 8.00. The standard InChI is InChI=1S/C14H16N2OS/c1-18-14(6-3-7-14)10-16-13(17)12-5-2-4-11(8-12)9-15/h2,4-5,8H,3,6-7,10H2,1H3,(H,16,17). The molecule has 0 aliphatic heterocycles. The number of nitrogens with one attached hydrogen (secondary N) is 1. The van der Waals surface area contributed by atoms with Gasteiger partial charge in [0.25, 0.3) is 5.91 Å². The molecular weight excluding hydrogens is 244 g/mol. The van der Waals surface area contributed by atoms with Crippen molar-refractivity contribution < 1.29 is 4.79 Å². The molecule has 1 N–H and O–H groups in total. The van der Waals surface area contributed by atoms with Crippen LogP contribution in [0.5, 0.6) is 0 Å². The van der Waals surface area contributed by atoms with E-state index in [0.29, 0.717) is 17.7 Å². The minimum absolute atomic E-state index is 0.0903. The van der Waals surface area contributed by atoms with Crippen LogP contribution in [0.2, 0.25) is 0 Å². The van der Waals surface area contributed by atoms with Gasteiger partial charge in [-0.05, 0) is 37.3 Å². The SMILES string of the molecule is CSC1(CNC(=O)c2cccc(C#N)c2)CCC1. The third-order valence-corrected chi connectivity index (χ3v) is 4.94. The Morgan fingerprint density at radius 2 is 2.33 bits per heavy atom. The number of hydrogen-bond donors (Lipinski definition) is 1. The van der Waals surface area contributed by atoms with Crippen molar-refractivity contribution in [2.75, 3.05) is 12.8 Å². The fourth-order valence-electron chi connectivity index (χ4n) is 2.10. The summed E-state index contributed by atoms with van der Waals surface area (Å²) in [5.41, 5.74) is 1.08. The molecule has 0 spiro atoms. The Morgan fingerprint density at radius 3 is 2.89 bits per heavy atom. The Labute approximate surface area is 112 Å². The first-order valence-electron chi connectivity index (χ1n) is 6.03. The van der Waals surface area contributed by atoms with E-state index in [4.69, 9.17) is 5.26 Å². The van der Waals surface area contributed by atoms with Gasteiger partial charge in [-0.25, -0.2) is 0 Å². The Kier molecular flexibility index (Phi) is 3.93. The maximum Gasteiger partial charge on any atom is 0.251 e. The van der Waals surface area contributed by atoms with Gasteiger partial charge in [0, 0.05) is 16.9 Å². The minimum Gasteiger partial charge on any atom is -0.351 e. The van der Waals surface area contributed by atoms with Crippen molar-refractivity contribution in [1.82, 2.24) is 5.32 Å². The predicted molar refractivity (Wildman–Crippen MR) is 73.6 cm³/mol. The van der Waals surface area contributed by atoms with Crippen molar-refractivity contribution in [3.05, 3.63) is 35.4 Å². The summed E-state index contributed by atoms with van der Waals surface area (Å²) in [5.74, 6) is -0.0903. The molecule has 0 saturated heterocycles. The highest BCUT2D eigenvalue weighted by atomic mass is 32.2. The van der Waals surface area contributed by atoms with Crippen LogP contribution < -0.4 is 5.32 Å². The zero-order chi connectivity index (χ0) is 13.0. The van der Waals surface area contributed by atoms with E-state index in [9.17, 15) is 4.79 Å². The van der Waals surface area contributed by atoms with Gasteiger partial charge >= 0.3 is 0 Å². The largest absolute Gasteiger partial charge is 0.351 e. The minimum atomic E-state index is -0.0903. The summed E-state index contributed by atoms with van der Waals surface area (Å²) >= 11 is 1.84. The zero-order valence-electron chi connectivity index (χ0n) is 10.4. The van der Waals surface area contributed by atoms with Gasteiger partial charge in [-0.2, -0.15) is 17.0 Å². The lowest BCUT2D eigenvalue weighted by atomic mass is 9.84. The van der Waals surface area contributed by atoms with E-state index in [2.05, 4.69) is 11.6 Å². The lowest BCUT2D eigenvalue weighted by molar-refractivity contribution is 0.0944. The number of nitriles is 1. The highest BCUT2D eigenvalue weighted by Gasteiger charge is 2.36. The Hall–Kier alpha value is -1.47. The average molecular weight is 260 g/mol. The summed E-state index contributed by atoms with van der Waals surface area (Å²) in [6, 6.07) is 8.85. The molecule has 1 aromatic rings. The van der Waals surface area contributed by atoms with Gasteiger partial charge in [0.05, 0.1) is 11.6 Å². The Morgan fingerprint density at radius 1 is 1.56 bits per heavy atom. The van der Waals surface area contributed by atoms with Crippen LogP contribution in [0.1, 0.15) is 35.2 Å². The van der Waals surface area contributed by atoms with Crippen molar-refractivity contribution in [3.63, 3.8) is 0 Å². The third-order valence-electron chi connectivity index (χ3n) is 3.52. The molecule has 4 heteroatoms. The zero-order valence-corrected chi connectivity index (χ0v) is 11.2. The van der Waals surface area contributed by atoms with Crippen molar-refractivity contribution in [2.45, 2.75) is 24.0 Å². The number of amides is 1. The predicted octanol–water partition coefficient (Wildman–Crippen LogP) is 2.57. The monoisotopic (exact) mass is 260 g/mol. The van der Waals surface area contributed by atoms with Gasteiger partial charge in [-0.1, -0.05) is 12.5 Å². The summed E-state index contributed by atoms with van der Waals surface area (Å²) < 4.78 is 0.239. The first-order chi connectivity index (χ1) is 8.69. The lowest BCUT2D eigenvalue weighted by Gasteiger charge is -2.40. The van der Waals surface area contributed by atoms with Crippen LogP contribution in [0.25, 0.3) is 0 Å². The van der Waals surface area contributed by atoms with Crippen molar-refractivity contribution in [2.24, 2.45) is 0 Å². The molecule has 1 aromatic carbocycles. The van der Waals surface area contributed by atoms with Gasteiger partial charge in [0.15, 0.2) is 0 Å². The van der Waals surface area contributed by atoms with Crippen LogP contribution in [0.15, 0.2) is 24.3 Å². The quantitative estimate of drug-likeness (QED) is 0.905. The highest BCUT2D eigenvalue weighted by Crippen LogP contribution is 2.42. The van der Waals surface area contributed by atoms with Gasteiger partial charge in [0.2, 0.25) is 0 Å². The summed E-state index contributed by atoms with van der Waals surface area (Å²) in [6.07, 6.45) is 5.70. The number of carbonyl (C=O) groups is 1. The second-order valence-electron chi connectivity index (χ2n) is 4.62. The summed E-state index contributed by atoms with van der Waals surface area (Å²) in [5, 5.41) is 11.8. The van der Waals surface area contributed by atoms with Crippen molar-refractivity contribution >= 4 is 17.7 Å². The molecule has 0 atom stereocenters. The van der Waals surface area contributed by atoms with Crippen LogP contribution >= 0.6 is 11.8 Å². The van der Waals surface area contributed by atoms with Crippen LogP contribution in [-0.2, 0) is 0 Å². The molecule has 94 valence electrons. The number of rotatable bonds is 4. The number of nitrogens with zero attached hydrogens (tertiary/aromatic N) is 1. The van der Waals surface area contributed by atoms with Crippen molar-refractivity contribution in [3.8, 4) is 6.07 Å². The molecular formula is C14H16N2OS. The van der Waals surface area contributed by atoms with Gasteiger partial charge in [-0.3, -0.25) is 4.79 Å². The fraction of sp³-hybridized carbons (Fsp3) is 0.429. The first kappa shape index (κ1) is 13.0. The van der Waals surface area contributed by atoms with E-state index in [-0.39, 0.29) is 10.7 Å². The maximum atomic E-state index is 12.0. The molecule has 0 bridgehead atoms. The Balaban J connectivity index is 1.97. The van der Waals surface area contributed by atoms with Crippen LogP contribution in [0, 0.1) is 11.3 Å². The first-order valence-corrected chi connectivity index (χ1v) is 7.25. The van der Waals surface area contributed by atoms with E-state index in [1.165, 1.54) is 19.3 Å². The molecule has 2 rings (SSSR count). The second kappa shape index (κ2) is 5.45. The van der Waals surface area contributed by atoms with E-state index in [0.717, 1.165) is 0 Å². The molecule has 1 aliphatic rings. The summed E-state index contributed by atoms with van der Waals surface area (Å²) in [4.78, 5) is 12.0. The third kappa shape index (κ3) is 2.68. The van der Waals surface area contributed by atoms with E-state index in [1.807, 2.05) is 17.8 Å². The number of carbonyl (C=O) groups excluding carboxylic acids is 1. The molecule has 0 unspecified atom stereocenters. The molecule has 1 aliphatic carbocycles. The molecule has 0 aromatic heterocycles. The second-order valence-corrected chi connectivity index (χ2v) is 5.89. The van der Waals surface area contributed by atoms with Crippen LogP contribution in [-0.4, -0.2) is 23.5 Å². The molecule has 1 amide bonds. The fourth-order valence-corrected chi connectivity index (χ4v) is 3.01. The molecule has 0 radical (unpaired) electrons. The van der Waals surface area contributed by atoms with E-state index < -0.39 is 0 Å². The summed E-state index contributed by atoms with van der Waals surface area (Å²) in [7, 11) is 0. The topological polar surface area (TPSA) is 52.9 Å². The smallest absolute Gasteiger partial charge is 0.251 e. The number of hydrogen-bond acceptors (Lipinski definition) is 3. The van der Waals surface area contributed by atoms with Gasteiger partial charge in [-0.15, -0.1) is 0 Å². The molecule has 3 nitrogen and oxygen atoms in total. The lowest BCUT2D eigenvalue weighted by Crippen LogP contribution is -2.45. The average Bonchev–Trinajstić information content (AvgIpc) is 2.38. The molecule has 0 heterocycles. The van der Waals surface area contributed by atoms with Crippen LogP contribution in [0.3, 0.4) is 0 Å². The maximum absolute atomic E-state index is 12.0. The number of thioether (sulfide) groups is 1. The normalized spacial score (nSPS) is 16.4. The van der Waals surface area contributed by atoms with E-state index >= 15 is 0 Å². The molecule has 1 saturated carbocycles. The Bertz CT molecular complexity index is 483. The van der Waals surface area contributed by atoms with Gasteiger partial charge in [0.1, 0.15) is 0 Å². The number of benzene rings is 1. The van der Waals surface area contributed by atoms with Crippen LogP contribution in [0.4, 0.5) is 0 Å².